The molecule has 0 bridgehead atoms. The predicted octanol–water partition coefficient (Wildman–Crippen LogP) is 1.03. The van der Waals surface area contributed by atoms with Gasteiger partial charge in [-0.25, -0.2) is 0 Å². The number of methoxy groups -OCH3 is 1. The van der Waals surface area contributed by atoms with Crippen molar-refractivity contribution in [3.8, 4) is 6.07 Å². The lowest BCUT2D eigenvalue weighted by Crippen LogP contribution is -2.22. The average molecular weight is 230 g/mol. The fourth-order valence-corrected chi connectivity index (χ4v) is 2.27. The summed E-state index contributed by atoms with van der Waals surface area (Å²) in [5.41, 5.74) is 1.64. The van der Waals surface area contributed by atoms with Gasteiger partial charge in [-0.3, -0.25) is 4.79 Å². The Morgan fingerprint density at radius 2 is 2.35 bits per heavy atom. The molecule has 1 N–H and O–H groups in total. The van der Waals surface area contributed by atoms with Crippen LogP contribution < -0.4 is 5.32 Å². The molecule has 0 spiro atoms. The van der Waals surface area contributed by atoms with Crippen molar-refractivity contribution in [1.82, 2.24) is 5.32 Å². The maximum atomic E-state index is 11.6. The number of rotatable bonds is 2. The number of nitrogens with zero attached hydrogens (tertiary/aromatic N) is 1. The molecule has 0 saturated carbocycles. The van der Waals surface area contributed by atoms with Crippen LogP contribution in [0.4, 0.5) is 0 Å². The van der Waals surface area contributed by atoms with Crippen LogP contribution in [0.25, 0.3) is 0 Å². The van der Waals surface area contributed by atoms with Crippen molar-refractivity contribution in [2.45, 2.75) is 5.92 Å². The Balaban J connectivity index is 2.26. The lowest BCUT2D eigenvalue weighted by molar-refractivity contribution is -0.145. The number of nitriles is 1. The summed E-state index contributed by atoms with van der Waals surface area (Å²) in [6.07, 6.45) is 0. The fraction of sp³-hybridized carbons (Fsp3) is 0.385. The highest BCUT2D eigenvalue weighted by atomic mass is 16.5. The Morgan fingerprint density at radius 3 is 3.06 bits per heavy atom. The Labute approximate surface area is 100 Å². The summed E-state index contributed by atoms with van der Waals surface area (Å²) >= 11 is 0. The van der Waals surface area contributed by atoms with Gasteiger partial charge < -0.3 is 10.1 Å². The molecule has 0 amide bonds. The molecule has 2 rings (SSSR count). The third-order valence-electron chi connectivity index (χ3n) is 3.16. The van der Waals surface area contributed by atoms with E-state index in [4.69, 9.17) is 10.00 Å². The molecule has 1 aromatic carbocycles. The molecule has 4 nitrogen and oxygen atoms in total. The van der Waals surface area contributed by atoms with Gasteiger partial charge in [0.15, 0.2) is 0 Å². The summed E-state index contributed by atoms with van der Waals surface area (Å²) in [4.78, 5) is 11.6. The van der Waals surface area contributed by atoms with Crippen molar-refractivity contribution < 1.29 is 9.53 Å². The summed E-state index contributed by atoms with van der Waals surface area (Å²) < 4.78 is 4.80. The molecule has 4 heteroatoms. The molecule has 1 saturated heterocycles. The molecule has 0 radical (unpaired) electrons. The zero-order chi connectivity index (χ0) is 12.3. The number of carbonyl (C=O) groups excluding carboxylic acids is 1. The highest BCUT2D eigenvalue weighted by Gasteiger charge is 2.34. The highest BCUT2D eigenvalue weighted by Crippen LogP contribution is 2.29. The number of benzene rings is 1. The van der Waals surface area contributed by atoms with E-state index in [2.05, 4.69) is 11.4 Å². The first-order chi connectivity index (χ1) is 8.26. The molecule has 2 atom stereocenters. The number of ether oxygens (including phenoxy) is 1. The van der Waals surface area contributed by atoms with Gasteiger partial charge in [0.1, 0.15) is 0 Å². The molecular weight excluding hydrogens is 216 g/mol. The number of hydrogen-bond acceptors (Lipinski definition) is 4. The predicted molar refractivity (Wildman–Crippen MR) is 62.3 cm³/mol. The normalized spacial score (nSPS) is 23.1. The van der Waals surface area contributed by atoms with E-state index < -0.39 is 0 Å². The zero-order valence-electron chi connectivity index (χ0n) is 9.64. The lowest BCUT2D eigenvalue weighted by Gasteiger charge is -2.16. The van der Waals surface area contributed by atoms with Crippen LogP contribution in [0.2, 0.25) is 0 Å². The van der Waals surface area contributed by atoms with Gasteiger partial charge in [0.05, 0.1) is 24.7 Å². The second kappa shape index (κ2) is 4.98. The van der Waals surface area contributed by atoms with Gasteiger partial charge in [0.2, 0.25) is 0 Å². The Morgan fingerprint density at radius 1 is 1.53 bits per heavy atom. The number of esters is 1. The van der Waals surface area contributed by atoms with E-state index in [1.54, 1.807) is 6.07 Å². The van der Waals surface area contributed by atoms with Crippen molar-refractivity contribution in [3.63, 3.8) is 0 Å². The van der Waals surface area contributed by atoms with Crippen LogP contribution in [0, 0.1) is 17.2 Å². The molecule has 88 valence electrons. The molecule has 1 fully saturated rings. The van der Waals surface area contributed by atoms with E-state index in [1.807, 2.05) is 18.2 Å². The van der Waals surface area contributed by atoms with Crippen molar-refractivity contribution in [2.24, 2.45) is 5.92 Å². The Bertz CT molecular complexity index is 465. The van der Waals surface area contributed by atoms with Crippen LogP contribution in [0.1, 0.15) is 17.0 Å². The van der Waals surface area contributed by atoms with Crippen molar-refractivity contribution >= 4 is 5.97 Å². The van der Waals surface area contributed by atoms with E-state index in [-0.39, 0.29) is 17.8 Å². The summed E-state index contributed by atoms with van der Waals surface area (Å²) in [6, 6.07) is 9.52. The summed E-state index contributed by atoms with van der Waals surface area (Å²) in [7, 11) is 1.41. The van der Waals surface area contributed by atoms with E-state index in [1.165, 1.54) is 7.11 Å². The molecule has 17 heavy (non-hydrogen) atoms. The highest BCUT2D eigenvalue weighted by molar-refractivity contribution is 5.74. The van der Waals surface area contributed by atoms with Crippen LogP contribution in [0.5, 0.6) is 0 Å². The van der Waals surface area contributed by atoms with Crippen LogP contribution >= 0.6 is 0 Å². The third kappa shape index (κ3) is 2.29. The number of hydrogen-bond donors (Lipinski definition) is 1. The minimum Gasteiger partial charge on any atom is -0.469 e. The minimum atomic E-state index is -0.192. The number of carbonyl (C=O) groups is 1. The van der Waals surface area contributed by atoms with Gasteiger partial charge in [-0.1, -0.05) is 12.1 Å². The second-order valence-electron chi connectivity index (χ2n) is 4.13. The second-order valence-corrected chi connectivity index (χ2v) is 4.13. The quantitative estimate of drug-likeness (QED) is 0.771. The van der Waals surface area contributed by atoms with Crippen LogP contribution in [-0.2, 0) is 9.53 Å². The van der Waals surface area contributed by atoms with Gasteiger partial charge in [0.25, 0.3) is 0 Å². The summed E-state index contributed by atoms with van der Waals surface area (Å²) in [5, 5.41) is 12.1. The monoisotopic (exact) mass is 230 g/mol. The lowest BCUT2D eigenvalue weighted by atomic mass is 9.88. The molecule has 1 aliphatic heterocycles. The van der Waals surface area contributed by atoms with E-state index in [0.29, 0.717) is 12.1 Å². The van der Waals surface area contributed by atoms with Gasteiger partial charge in [-0.05, 0) is 17.7 Å². The van der Waals surface area contributed by atoms with Crippen molar-refractivity contribution in [1.29, 1.82) is 5.26 Å². The minimum absolute atomic E-state index is 0.0933. The molecule has 0 aliphatic carbocycles. The average Bonchev–Trinajstić information content (AvgIpc) is 2.87. The molecule has 1 aliphatic rings. The first-order valence-electron chi connectivity index (χ1n) is 5.55. The van der Waals surface area contributed by atoms with E-state index in [0.717, 1.165) is 12.1 Å². The van der Waals surface area contributed by atoms with Crippen molar-refractivity contribution in [3.05, 3.63) is 35.4 Å². The van der Waals surface area contributed by atoms with Gasteiger partial charge in [-0.2, -0.15) is 5.26 Å². The molecular formula is C13H14N2O2. The standard InChI is InChI=1S/C13H14N2O2/c1-17-13(16)12-8-15-7-11(12)10-4-2-3-9(5-10)6-14/h2-5,11-12,15H,7-8H2,1H3/t11-,12+/m0/s1. The van der Waals surface area contributed by atoms with Gasteiger partial charge >= 0.3 is 5.97 Å². The fourth-order valence-electron chi connectivity index (χ4n) is 2.27. The Hall–Kier alpha value is -1.86. The van der Waals surface area contributed by atoms with Crippen LogP contribution in [0.15, 0.2) is 24.3 Å². The third-order valence-corrected chi connectivity index (χ3v) is 3.16. The number of nitrogens with one attached hydrogen (secondary N) is 1. The largest absolute Gasteiger partial charge is 0.469 e. The van der Waals surface area contributed by atoms with E-state index in [9.17, 15) is 4.79 Å². The molecule has 0 aromatic heterocycles. The van der Waals surface area contributed by atoms with Crippen LogP contribution in [0.3, 0.4) is 0 Å². The Kier molecular flexibility index (Phi) is 3.40. The van der Waals surface area contributed by atoms with Crippen LogP contribution in [-0.4, -0.2) is 26.2 Å². The summed E-state index contributed by atoms with van der Waals surface area (Å²) in [5.74, 6) is -0.257. The molecule has 1 aromatic rings. The SMILES string of the molecule is COC(=O)[C@@H]1CNC[C@H]1c1cccc(C#N)c1. The van der Waals surface area contributed by atoms with Gasteiger partial charge in [-0.15, -0.1) is 0 Å². The van der Waals surface area contributed by atoms with Crippen molar-refractivity contribution in [2.75, 3.05) is 20.2 Å². The topological polar surface area (TPSA) is 62.1 Å². The first-order valence-corrected chi connectivity index (χ1v) is 5.55. The maximum Gasteiger partial charge on any atom is 0.310 e. The molecule has 0 unspecified atom stereocenters. The van der Waals surface area contributed by atoms with E-state index >= 15 is 0 Å². The molecule has 1 heterocycles. The smallest absolute Gasteiger partial charge is 0.310 e. The zero-order valence-corrected chi connectivity index (χ0v) is 9.64. The maximum absolute atomic E-state index is 11.6. The summed E-state index contributed by atoms with van der Waals surface area (Å²) in [6.45, 7) is 1.38. The first kappa shape index (κ1) is 11.6. The van der Waals surface area contributed by atoms with Gasteiger partial charge in [0, 0.05) is 19.0 Å².